The Bertz CT molecular complexity index is 590. The predicted octanol–water partition coefficient (Wildman–Crippen LogP) is 2.80. The van der Waals surface area contributed by atoms with Crippen LogP contribution in [0.3, 0.4) is 0 Å². The van der Waals surface area contributed by atoms with Gasteiger partial charge in [-0.25, -0.2) is 4.68 Å². The van der Waals surface area contributed by atoms with Gasteiger partial charge in [0.05, 0.1) is 0 Å². The number of thioether (sulfide) groups is 1. The first-order valence-corrected chi connectivity index (χ1v) is 8.62. The zero-order chi connectivity index (χ0) is 14.7. The molecule has 0 radical (unpaired) electrons. The number of nitrogens with zero attached hydrogens (tertiary/aromatic N) is 5. The topological polar surface area (TPSA) is 68.5 Å². The Balaban J connectivity index is 1.76. The SMILES string of the molecule is CSC1CCCC(Nc2nc(Cl)nc(-n3cccn3)n2)C1. The lowest BCUT2D eigenvalue weighted by Gasteiger charge is -2.28. The summed E-state index contributed by atoms with van der Waals surface area (Å²) in [6, 6.07) is 2.20. The molecule has 8 heteroatoms. The molecular formula is C13H17ClN6S. The van der Waals surface area contributed by atoms with Gasteiger partial charge in [-0.1, -0.05) is 6.42 Å². The van der Waals surface area contributed by atoms with E-state index in [1.54, 1.807) is 17.1 Å². The molecule has 0 spiro atoms. The first-order valence-electron chi connectivity index (χ1n) is 6.95. The standard InChI is InChI=1S/C13H17ClN6S/c1-21-10-5-2-4-9(8-10)16-12-17-11(14)18-13(19-12)20-7-3-6-15-20/h3,6-7,9-10H,2,4-5,8H2,1H3,(H,16,17,18,19). The monoisotopic (exact) mass is 324 g/mol. The number of hydrogen-bond donors (Lipinski definition) is 1. The van der Waals surface area contributed by atoms with Crippen molar-refractivity contribution in [3.05, 3.63) is 23.7 Å². The molecule has 0 saturated heterocycles. The Hall–Kier alpha value is -1.34. The summed E-state index contributed by atoms with van der Waals surface area (Å²) < 4.78 is 1.57. The zero-order valence-corrected chi connectivity index (χ0v) is 13.3. The largest absolute Gasteiger partial charge is 0.351 e. The third-order valence-corrected chi connectivity index (χ3v) is 4.86. The van der Waals surface area contributed by atoms with Crippen molar-refractivity contribution in [2.24, 2.45) is 0 Å². The van der Waals surface area contributed by atoms with Gasteiger partial charge in [0.1, 0.15) is 0 Å². The summed E-state index contributed by atoms with van der Waals surface area (Å²) in [5.41, 5.74) is 0. The fraction of sp³-hybridized carbons (Fsp3) is 0.538. The van der Waals surface area contributed by atoms with Crippen LogP contribution in [0.15, 0.2) is 18.5 Å². The molecule has 1 aliphatic rings. The van der Waals surface area contributed by atoms with E-state index >= 15 is 0 Å². The van der Waals surface area contributed by atoms with Crippen LogP contribution in [0.5, 0.6) is 0 Å². The molecule has 0 bridgehead atoms. The van der Waals surface area contributed by atoms with Gasteiger partial charge in [-0.2, -0.15) is 31.8 Å². The average molecular weight is 325 g/mol. The molecule has 2 atom stereocenters. The van der Waals surface area contributed by atoms with Crippen molar-refractivity contribution >= 4 is 29.3 Å². The van der Waals surface area contributed by atoms with Gasteiger partial charge in [0.2, 0.25) is 11.2 Å². The maximum atomic E-state index is 5.99. The normalized spacial score (nSPS) is 22.2. The van der Waals surface area contributed by atoms with Crippen molar-refractivity contribution in [2.45, 2.75) is 37.0 Å². The number of rotatable bonds is 4. The van der Waals surface area contributed by atoms with E-state index in [0.717, 1.165) is 12.8 Å². The molecule has 21 heavy (non-hydrogen) atoms. The number of nitrogens with one attached hydrogen (secondary N) is 1. The molecule has 1 saturated carbocycles. The fourth-order valence-electron chi connectivity index (χ4n) is 2.57. The van der Waals surface area contributed by atoms with Crippen molar-refractivity contribution < 1.29 is 0 Å². The molecule has 6 nitrogen and oxygen atoms in total. The molecule has 2 aromatic heterocycles. The lowest BCUT2D eigenvalue weighted by Crippen LogP contribution is -2.29. The summed E-state index contributed by atoms with van der Waals surface area (Å²) in [6.07, 6.45) is 10.4. The van der Waals surface area contributed by atoms with Crippen LogP contribution in [0.25, 0.3) is 5.95 Å². The van der Waals surface area contributed by atoms with Crippen LogP contribution in [-0.4, -0.2) is 42.3 Å². The van der Waals surface area contributed by atoms with Gasteiger partial charge in [0, 0.05) is 23.7 Å². The van der Waals surface area contributed by atoms with Crippen LogP contribution >= 0.6 is 23.4 Å². The summed E-state index contributed by atoms with van der Waals surface area (Å²) >= 11 is 7.92. The van der Waals surface area contributed by atoms with E-state index in [1.165, 1.54) is 12.8 Å². The first kappa shape index (κ1) is 14.6. The second-order valence-electron chi connectivity index (χ2n) is 5.04. The van der Waals surface area contributed by atoms with E-state index in [1.807, 2.05) is 17.8 Å². The van der Waals surface area contributed by atoms with E-state index in [0.29, 0.717) is 23.2 Å². The smallest absolute Gasteiger partial charge is 0.256 e. The zero-order valence-electron chi connectivity index (χ0n) is 11.7. The van der Waals surface area contributed by atoms with Gasteiger partial charge in [0.15, 0.2) is 0 Å². The van der Waals surface area contributed by atoms with E-state index < -0.39 is 0 Å². The second-order valence-corrected chi connectivity index (χ2v) is 6.52. The van der Waals surface area contributed by atoms with Crippen molar-refractivity contribution in [3.8, 4) is 5.95 Å². The summed E-state index contributed by atoms with van der Waals surface area (Å²) in [6.45, 7) is 0. The highest BCUT2D eigenvalue weighted by molar-refractivity contribution is 7.99. The Labute approximate surface area is 132 Å². The minimum Gasteiger partial charge on any atom is -0.351 e. The van der Waals surface area contributed by atoms with Gasteiger partial charge >= 0.3 is 0 Å². The van der Waals surface area contributed by atoms with Gasteiger partial charge in [-0.15, -0.1) is 0 Å². The van der Waals surface area contributed by atoms with Crippen LogP contribution in [-0.2, 0) is 0 Å². The van der Waals surface area contributed by atoms with Crippen LogP contribution in [0.2, 0.25) is 5.28 Å². The van der Waals surface area contributed by atoms with Gasteiger partial charge in [-0.05, 0) is 43.2 Å². The molecule has 2 heterocycles. The molecule has 0 aromatic carbocycles. The lowest BCUT2D eigenvalue weighted by atomic mass is 9.95. The van der Waals surface area contributed by atoms with Crippen LogP contribution < -0.4 is 5.32 Å². The second kappa shape index (κ2) is 6.62. The van der Waals surface area contributed by atoms with E-state index in [2.05, 4.69) is 31.6 Å². The Kier molecular flexibility index (Phi) is 4.60. The van der Waals surface area contributed by atoms with Crippen LogP contribution in [0, 0.1) is 0 Å². The third kappa shape index (κ3) is 3.65. The summed E-state index contributed by atoms with van der Waals surface area (Å²) in [7, 11) is 0. The molecule has 0 aliphatic heterocycles. The molecular weight excluding hydrogens is 308 g/mol. The van der Waals surface area contributed by atoms with Crippen molar-refractivity contribution in [1.29, 1.82) is 0 Å². The third-order valence-electron chi connectivity index (χ3n) is 3.60. The first-order chi connectivity index (χ1) is 10.2. The Morgan fingerprint density at radius 3 is 3.00 bits per heavy atom. The summed E-state index contributed by atoms with van der Waals surface area (Å²) in [4.78, 5) is 12.7. The Morgan fingerprint density at radius 1 is 1.33 bits per heavy atom. The van der Waals surface area contributed by atoms with E-state index in [-0.39, 0.29) is 5.28 Å². The quantitative estimate of drug-likeness (QED) is 0.932. The fourth-order valence-corrected chi connectivity index (χ4v) is 3.55. The number of hydrogen-bond acceptors (Lipinski definition) is 6. The van der Waals surface area contributed by atoms with Crippen molar-refractivity contribution in [3.63, 3.8) is 0 Å². The highest BCUT2D eigenvalue weighted by Gasteiger charge is 2.22. The maximum Gasteiger partial charge on any atom is 0.256 e. The van der Waals surface area contributed by atoms with E-state index in [4.69, 9.17) is 11.6 Å². The van der Waals surface area contributed by atoms with Gasteiger partial charge < -0.3 is 5.32 Å². The minimum atomic E-state index is 0.176. The summed E-state index contributed by atoms with van der Waals surface area (Å²) in [5, 5.41) is 8.39. The molecule has 1 fully saturated rings. The molecule has 112 valence electrons. The summed E-state index contributed by atoms with van der Waals surface area (Å²) in [5.74, 6) is 0.951. The average Bonchev–Trinajstić information content (AvgIpc) is 3.01. The van der Waals surface area contributed by atoms with Gasteiger partial charge in [0.25, 0.3) is 5.95 Å². The molecule has 0 amide bonds. The molecule has 1 aliphatic carbocycles. The minimum absolute atomic E-state index is 0.176. The van der Waals surface area contributed by atoms with Crippen LogP contribution in [0.4, 0.5) is 5.95 Å². The highest BCUT2D eigenvalue weighted by Crippen LogP contribution is 2.28. The Morgan fingerprint density at radius 2 is 2.24 bits per heavy atom. The maximum absolute atomic E-state index is 5.99. The molecule has 2 unspecified atom stereocenters. The van der Waals surface area contributed by atoms with Crippen molar-refractivity contribution in [2.75, 3.05) is 11.6 Å². The number of halogens is 1. The molecule has 2 aromatic rings. The van der Waals surface area contributed by atoms with Crippen LogP contribution in [0.1, 0.15) is 25.7 Å². The predicted molar refractivity (Wildman–Crippen MR) is 85.1 cm³/mol. The van der Waals surface area contributed by atoms with E-state index in [9.17, 15) is 0 Å². The lowest BCUT2D eigenvalue weighted by molar-refractivity contribution is 0.471. The molecule has 3 rings (SSSR count). The van der Waals surface area contributed by atoms with Gasteiger partial charge in [-0.3, -0.25) is 0 Å². The number of aromatic nitrogens is 5. The number of anilines is 1. The molecule has 1 N–H and O–H groups in total. The van der Waals surface area contributed by atoms with Crippen molar-refractivity contribution in [1.82, 2.24) is 24.7 Å². The highest BCUT2D eigenvalue weighted by atomic mass is 35.5.